The minimum atomic E-state index is -0.885. The van der Waals surface area contributed by atoms with Crippen molar-refractivity contribution in [2.24, 2.45) is 0 Å². The van der Waals surface area contributed by atoms with E-state index >= 15 is 0 Å². The van der Waals surface area contributed by atoms with E-state index in [-0.39, 0.29) is 76.3 Å². The third-order valence-corrected chi connectivity index (χ3v) is 10.7. The van der Waals surface area contributed by atoms with E-state index < -0.39 is 62.2 Å². The Morgan fingerprint density at radius 2 is 1.25 bits per heavy atom. The summed E-state index contributed by atoms with van der Waals surface area (Å²) >= 11 is 0. The van der Waals surface area contributed by atoms with Gasteiger partial charge in [0.1, 0.15) is 24.4 Å². The van der Waals surface area contributed by atoms with E-state index in [2.05, 4.69) is 0 Å². The van der Waals surface area contributed by atoms with Gasteiger partial charge < -0.3 is 86.7 Å². The molecule has 0 aromatic heterocycles. The summed E-state index contributed by atoms with van der Waals surface area (Å²) in [4.78, 5) is 0. The topological polar surface area (TPSA) is 210 Å². The largest absolute Gasteiger partial charge is 0.493 e. The Morgan fingerprint density at radius 1 is 0.600 bits per heavy atom. The van der Waals surface area contributed by atoms with Crippen LogP contribution < -0.4 is 0 Å². The van der Waals surface area contributed by atoms with Crippen LogP contribution in [0.25, 0.3) is 0 Å². The van der Waals surface area contributed by atoms with E-state index in [1.807, 2.05) is 0 Å². The van der Waals surface area contributed by atoms with Crippen molar-refractivity contribution in [1.29, 1.82) is 0 Å². The van der Waals surface area contributed by atoms with E-state index in [1.54, 1.807) is 19.4 Å². The first-order chi connectivity index (χ1) is 26.8. The number of aliphatic hydroxyl groups excluding tert-OH is 4. The molecule has 0 spiro atoms. The van der Waals surface area contributed by atoms with Gasteiger partial charge in [0, 0.05) is 52.7 Å². The summed E-state index contributed by atoms with van der Waals surface area (Å²) in [5.41, 5.74) is 0. The van der Waals surface area contributed by atoms with Crippen LogP contribution in [0.4, 0.5) is 0 Å². The van der Waals surface area contributed by atoms with E-state index in [0.29, 0.717) is 70.8 Å². The second-order valence-electron chi connectivity index (χ2n) is 14.9. The normalized spacial score (nSPS) is 42.4. The van der Waals surface area contributed by atoms with Crippen LogP contribution in [0.15, 0.2) is 12.3 Å². The first-order valence-corrected chi connectivity index (χ1v) is 19.8. The Balaban J connectivity index is 0.867. The van der Waals surface area contributed by atoms with Crippen molar-refractivity contribution in [3.8, 4) is 0 Å². The van der Waals surface area contributed by atoms with E-state index in [0.717, 1.165) is 0 Å². The van der Waals surface area contributed by atoms with Gasteiger partial charge in [-0.15, -0.1) is 0 Å². The van der Waals surface area contributed by atoms with Crippen LogP contribution in [0, 0.1) is 0 Å². The Labute approximate surface area is 322 Å². The van der Waals surface area contributed by atoms with Crippen LogP contribution in [-0.4, -0.2) is 180 Å². The molecule has 6 heterocycles. The number of methoxy groups -OCH3 is 2. The lowest BCUT2D eigenvalue weighted by atomic mass is 10.1. The Morgan fingerprint density at radius 3 is 1.91 bits per heavy atom. The number of aliphatic hydroxyl groups is 4. The fraction of sp³-hybridized carbons (Fsp3) is 0.946. The molecule has 318 valence electrons. The van der Waals surface area contributed by atoms with E-state index in [4.69, 9.17) is 66.3 Å². The maximum Gasteiger partial charge on any atom is 0.184 e. The lowest BCUT2D eigenvalue weighted by Crippen LogP contribution is -2.49. The third-order valence-electron chi connectivity index (χ3n) is 10.7. The number of ether oxygens (including phenoxy) is 14. The average molecular weight is 795 g/mol. The average Bonchev–Trinajstić information content (AvgIpc) is 3.66. The molecule has 55 heavy (non-hydrogen) atoms. The molecule has 16 atom stereocenters. The summed E-state index contributed by atoms with van der Waals surface area (Å²) in [6.07, 6.45) is 1.36. The van der Waals surface area contributed by atoms with Crippen LogP contribution >= 0.6 is 0 Å². The molecular weight excluding hydrogens is 732 g/mol. The van der Waals surface area contributed by atoms with Crippen molar-refractivity contribution in [3.05, 3.63) is 12.3 Å². The third kappa shape index (κ3) is 13.2. The second-order valence-corrected chi connectivity index (χ2v) is 14.9. The maximum atomic E-state index is 10.8. The fourth-order valence-electron chi connectivity index (χ4n) is 7.46. The van der Waals surface area contributed by atoms with Crippen LogP contribution in [-0.2, 0) is 66.3 Å². The zero-order valence-electron chi connectivity index (χ0n) is 31.9. The van der Waals surface area contributed by atoms with Gasteiger partial charge in [-0.25, -0.2) is 0 Å². The highest BCUT2D eigenvalue weighted by Crippen LogP contribution is 2.31. The summed E-state index contributed by atoms with van der Waals surface area (Å²) in [7, 11) is 3.09. The van der Waals surface area contributed by atoms with Crippen molar-refractivity contribution in [3.63, 3.8) is 0 Å². The van der Waals surface area contributed by atoms with Crippen molar-refractivity contribution in [2.75, 3.05) is 60.5 Å². The van der Waals surface area contributed by atoms with E-state index in [1.165, 1.54) is 7.11 Å². The summed E-state index contributed by atoms with van der Waals surface area (Å²) in [6, 6.07) is 0. The van der Waals surface area contributed by atoms with Gasteiger partial charge in [-0.3, -0.25) is 0 Å². The Bertz CT molecular complexity index is 1100. The molecule has 0 saturated carbocycles. The van der Waals surface area contributed by atoms with Gasteiger partial charge in [-0.1, -0.05) is 0 Å². The van der Waals surface area contributed by atoms with Crippen molar-refractivity contribution < 1.29 is 86.7 Å². The molecule has 6 saturated heterocycles. The zero-order valence-corrected chi connectivity index (χ0v) is 31.9. The summed E-state index contributed by atoms with van der Waals surface area (Å²) < 4.78 is 82.2. The highest BCUT2D eigenvalue weighted by Gasteiger charge is 2.41. The molecule has 0 amide bonds. The molecule has 0 aromatic rings. The molecule has 0 radical (unpaired) electrons. The molecule has 18 heteroatoms. The van der Waals surface area contributed by atoms with Gasteiger partial charge in [-0.2, -0.15) is 0 Å². The first kappa shape index (κ1) is 43.4. The minimum Gasteiger partial charge on any atom is -0.493 e. The smallest absolute Gasteiger partial charge is 0.184 e. The van der Waals surface area contributed by atoms with E-state index in [9.17, 15) is 20.4 Å². The summed E-state index contributed by atoms with van der Waals surface area (Å²) in [5, 5.41) is 40.0. The van der Waals surface area contributed by atoms with Gasteiger partial charge >= 0.3 is 0 Å². The molecule has 0 aromatic carbocycles. The molecule has 0 bridgehead atoms. The predicted molar refractivity (Wildman–Crippen MR) is 186 cm³/mol. The maximum absolute atomic E-state index is 10.8. The van der Waals surface area contributed by atoms with Crippen LogP contribution in [0.2, 0.25) is 0 Å². The standard InChI is InChI=1S/C37H62O18/c1-42-22(15-38)4-3-11-44-31-21-48-36(14-29(31)54-34-10-5-23(16-39)50-34)51-24-6-8-32(45-17-24)52-26-12-28(41)37(49-19-26)53-25-7-9-33(46-18-25)55-30-20-47-35(43-2)13-27(30)40/h3,11,22-41H,4-10,12-21H2,1-2H3/b11-3+. The van der Waals surface area contributed by atoms with Gasteiger partial charge in [0.05, 0.1) is 89.1 Å². The minimum absolute atomic E-state index is 0.0565. The monoisotopic (exact) mass is 794 g/mol. The molecule has 6 rings (SSSR count). The Hall–Kier alpha value is -1.14. The molecule has 18 nitrogen and oxygen atoms in total. The molecular formula is C37H62O18. The van der Waals surface area contributed by atoms with Crippen LogP contribution in [0.5, 0.6) is 0 Å². The molecule has 6 aliphatic rings. The highest BCUT2D eigenvalue weighted by atomic mass is 16.8. The summed E-state index contributed by atoms with van der Waals surface area (Å²) in [5.74, 6) is 0. The first-order valence-electron chi connectivity index (χ1n) is 19.8. The second kappa shape index (κ2) is 22.3. The highest BCUT2D eigenvalue weighted by molar-refractivity contribution is 4.86. The van der Waals surface area contributed by atoms with Crippen LogP contribution in [0.3, 0.4) is 0 Å². The molecule has 4 N–H and O–H groups in total. The fourth-order valence-corrected chi connectivity index (χ4v) is 7.46. The number of hydrogen-bond acceptors (Lipinski definition) is 18. The van der Waals surface area contributed by atoms with Gasteiger partial charge in [-0.05, 0) is 31.8 Å². The van der Waals surface area contributed by atoms with Crippen molar-refractivity contribution in [2.45, 2.75) is 163 Å². The summed E-state index contributed by atoms with van der Waals surface area (Å²) in [6.45, 7) is 1.14. The molecule has 6 fully saturated rings. The number of hydrogen-bond donors (Lipinski definition) is 4. The SMILES string of the molecule is COC(CO)C/C=C/OC1COC(OC2CCC(OC3COC(OC4CCC(OC5COC(OC)CC5O)OC4)C(O)C3)OC2)CC1OC1CCC(CO)O1. The predicted octanol–water partition coefficient (Wildman–Crippen LogP) is 0.587. The Kier molecular flexibility index (Phi) is 17.6. The zero-order chi connectivity index (χ0) is 38.6. The van der Waals surface area contributed by atoms with Gasteiger partial charge in [0.15, 0.2) is 37.7 Å². The molecule has 6 aliphatic heterocycles. The molecule has 0 aliphatic carbocycles. The van der Waals surface area contributed by atoms with Crippen molar-refractivity contribution in [1.82, 2.24) is 0 Å². The number of rotatable bonds is 18. The lowest BCUT2D eigenvalue weighted by molar-refractivity contribution is -0.309. The van der Waals surface area contributed by atoms with Crippen molar-refractivity contribution >= 4 is 0 Å². The molecule has 16 unspecified atom stereocenters. The van der Waals surface area contributed by atoms with Gasteiger partial charge in [0.25, 0.3) is 0 Å². The van der Waals surface area contributed by atoms with Crippen LogP contribution in [0.1, 0.15) is 64.2 Å². The lowest BCUT2D eigenvalue weighted by Gasteiger charge is -2.40. The quantitative estimate of drug-likeness (QED) is 0.140. The van der Waals surface area contributed by atoms with Gasteiger partial charge in [0.2, 0.25) is 0 Å².